The molecule has 26 heavy (non-hydrogen) atoms. The highest BCUT2D eigenvalue weighted by atomic mass is 16.5. The summed E-state index contributed by atoms with van der Waals surface area (Å²) in [5.74, 6) is -0.0843. The van der Waals surface area contributed by atoms with Crippen molar-refractivity contribution in [3.63, 3.8) is 0 Å². The maximum atomic E-state index is 12.1. The van der Waals surface area contributed by atoms with Gasteiger partial charge in [0, 0.05) is 18.0 Å². The quantitative estimate of drug-likeness (QED) is 0.566. The zero-order valence-corrected chi connectivity index (χ0v) is 14.7. The van der Waals surface area contributed by atoms with Crippen LogP contribution in [0.5, 0.6) is 5.75 Å². The molecule has 7 nitrogen and oxygen atoms in total. The molecule has 2 aromatic carbocycles. The Morgan fingerprint density at radius 2 is 1.77 bits per heavy atom. The molecule has 0 aromatic heterocycles. The Morgan fingerprint density at radius 1 is 1.04 bits per heavy atom. The molecule has 2 amide bonds. The number of nitrogens with two attached hydrogens (primary N) is 1. The largest absolute Gasteiger partial charge is 0.491 e. The van der Waals surface area contributed by atoms with Crippen molar-refractivity contribution >= 4 is 23.2 Å². The third-order valence-electron chi connectivity index (χ3n) is 3.47. The molecule has 4 N–H and O–H groups in total. The first-order valence-corrected chi connectivity index (χ1v) is 8.33. The highest BCUT2D eigenvalue weighted by Gasteiger charge is 2.08. The van der Waals surface area contributed by atoms with Gasteiger partial charge in [-0.3, -0.25) is 9.59 Å². The van der Waals surface area contributed by atoms with Crippen LogP contribution in [0.15, 0.2) is 48.5 Å². The molecule has 0 aliphatic rings. The molecule has 0 radical (unpaired) electrons. The molecule has 0 bridgehead atoms. The average Bonchev–Trinajstić information content (AvgIpc) is 2.65. The van der Waals surface area contributed by atoms with Crippen molar-refractivity contribution in [2.45, 2.75) is 6.92 Å². The summed E-state index contributed by atoms with van der Waals surface area (Å²) in [6, 6.07) is 13.8. The Hall–Kier alpha value is -3.06. The normalized spacial score (nSPS) is 10.2. The van der Waals surface area contributed by atoms with Gasteiger partial charge in [0.05, 0.1) is 18.7 Å². The second kappa shape index (κ2) is 10.0. The van der Waals surface area contributed by atoms with Crippen LogP contribution in [0.1, 0.15) is 17.3 Å². The smallest absolute Gasteiger partial charge is 0.250 e. The maximum absolute atomic E-state index is 12.1. The molecule has 0 fully saturated rings. The molecule has 0 unspecified atom stereocenters. The molecule has 0 heterocycles. The predicted octanol–water partition coefficient (Wildman–Crippen LogP) is 2.25. The van der Waals surface area contributed by atoms with Gasteiger partial charge in [0.1, 0.15) is 12.4 Å². The minimum Gasteiger partial charge on any atom is -0.491 e. The standard InChI is InChI=1S/C19H23N3O4/c1-2-25-11-12-26-15-9-7-14(8-10-15)22-18(23)13-21-17-6-4-3-5-16(17)19(20)24/h3-10,21H,2,11-13H2,1H3,(H2,20,24)(H,22,23). The Labute approximate surface area is 152 Å². The highest BCUT2D eigenvalue weighted by Crippen LogP contribution is 2.16. The second-order valence-corrected chi connectivity index (χ2v) is 5.38. The van der Waals surface area contributed by atoms with E-state index in [2.05, 4.69) is 10.6 Å². The number of primary amides is 1. The number of carbonyl (C=O) groups excluding carboxylic acids is 2. The van der Waals surface area contributed by atoms with E-state index in [9.17, 15) is 9.59 Å². The van der Waals surface area contributed by atoms with Gasteiger partial charge in [-0.1, -0.05) is 12.1 Å². The Kier molecular flexibility index (Phi) is 7.45. The van der Waals surface area contributed by atoms with Gasteiger partial charge in [0.15, 0.2) is 0 Å². The topological polar surface area (TPSA) is 103 Å². The summed E-state index contributed by atoms with van der Waals surface area (Å²) in [6.07, 6.45) is 0. The summed E-state index contributed by atoms with van der Waals surface area (Å²) in [4.78, 5) is 23.4. The molecular formula is C19H23N3O4. The van der Waals surface area contributed by atoms with Gasteiger partial charge in [-0.15, -0.1) is 0 Å². The number of nitrogens with one attached hydrogen (secondary N) is 2. The number of carbonyl (C=O) groups is 2. The van der Waals surface area contributed by atoms with E-state index in [4.69, 9.17) is 15.2 Å². The van der Waals surface area contributed by atoms with E-state index < -0.39 is 5.91 Å². The number of rotatable bonds is 10. The zero-order chi connectivity index (χ0) is 18.8. The summed E-state index contributed by atoms with van der Waals surface area (Å²) < 4.78 is 10.7. The van der Waals surface area contributed by atoms with Crippen molar-refractivity contribution in [3.05, 3.63) is 54.1 Å². The van der Waals surface area contributed by atoms with Crippen LogP contribution in [0.4, 0.5) is 11.4 Å². The zero-order valence-electron chi connectivity index (χ0n) is 14.7. The predicted molar refractivity (Wildman–Crippen MR) is 101 cm³/mol. The molecule has 0 aliphatic carbocycles. The van der Waals surface area contributed by atoms with E-state index in [0.29, 0.717) is 42.5 Å². The van der Waals surface area contributed by atoms with Gasteiger partial charge in [0.25, 0.3) is 5.91 Å². The molecule has 0 saturated carbocycles. The fourth-order valence-electron chi connectivity index (χ4n) is 2.23. The lowest BCUT2D eigenvalue weighted by molar-refractivity contribution is -0.114. The van der Waals surface area contributed by atoms with Gasteiger partial charge in [-0.25, -0.2) is 0 Å². The summed E-state index contributed by atoms with van der Waals surface area (Å²) in [5, 5.41) is 5.68. The van der Waals surface area contributed by atoms with Crippen molar-refractivity contribution in [3.8, 4) is 5.75 Å². The first-order chi connectivity index (χ1) is 12.6. The Morgan fingerprint density at radius 3 is 2.46 bits per heavy atom. The molecule has 138 valence electrons. The molecular weight excluding hydrogens is 334 g/mol. The van der Waals surface area contributed by atoms with Gasteiger partial charge < -0.3 is 25.8 Å². The summed E-state index contributed by atoms with van der Waals surface area (Å²) in [5.41, 5.74) is 6.82. The van der Waals surface area contributed by atoms with E-state index in [-0.39, 0.29) is 12.5 Å². The number of anilines is 2. The van der Waals surface area contributed by atoms with Gasteiger partial charge in [-0.2, -0.15) is 0 Å². The third kappa shape index (κ3) is 6.10. The van der Waals surface area contributed by atoms with Crippen molar-refractivity contribution in [2.24, 2.45) is 5.73 Å². The number of hydrogen-bond acceptors (Lipinski definition) is 5. The highest BCUT2D eigenvalue weighted by molar-refractivity contribution is 6.00. The Balaban J connectivity index is 1.82. The van der Waals surface area contributed by atoms with Gasteiger partial charge in [-0.05, 0) is 43.3 Å². The number of benzene rings is 2. The van der Waals surface area contributed by atoms with Crippen LogP contribution in [0.3, 0.4) is 0 Å². The van der Waals surface area contributed by atoms with Crippen molar-refractivity contribution in [2.75, 3.05) is 37.0 Å². The van der Waals surface area contributed by atoms with E-state index in [1.54, 1.807) is 48.5 Å². The van der Waals surface area contributed by atoms with E-state index in [1.807, 2.05) is 6.92 Å². The first kappa shape index (κ1) is 19.3. The van der Waals surface area contributed by atoms with Gasteiger partial charge >= 0.3 is 0 Å². The van der Waals surface area contributed by atoms with Crippen LogP contribution in [-0.2, 0) is 9.53 Å². The lowest BCUT2D eigenvalue weighted by Gasteiger charge is -2.11. The van der Waals surface area contributed by atoms with Crippen molar-refractivity contribution < 1.29 is 19.1 Å². The monoisotopic (exact) mass is 357 g/mol. The Bertz CT molecular complexity index is 732. The minimum atomic E-state index is -0.548. The SMILES string of the molecule is CCOCCOc1ccc(NC(=O)CNc2ccccc2C(N)=O)cc1. The van der Waals surface area contributed by atoms with Crippen molar-refractivity contribution in [1.82, 2.24) is 0 Å². The number of ether oxygens (including phenoxy) is 2. The van der Waals surface area contributed by atoms with Crippen LogP contribution < -0.4 is 21.1 Å². The fraction of sp³-hybridized carbons (Fsp3) is 0.263. The van der Waals surface area contributed by atoms with Crippen molar-refractivity contribution in [1.29, 1.82) is 0 Å². The molecule has 2 aromatic rings. The lowest BCUT2D eigenvalue weighted by Crippen LogP contribution is -2.23. The van der Waals surface area contributed by atoms with Crippen LogP contribution in [-0.4, -0.2) is 38.2 Å². The lowest BCUT2D eigenvalue weighted by atomic mass is 10.1. The molecule has 7 heteroatoms. The molecule has 0 atom stereocenters. The van der Waals surface area contributed by atoms with E-state index in [1.165, 1.54) is 0 Å². The summed E-state index contributed by atoms with van der Waals surface area (Å²) in [7, 11) is 0. The number of amides is 2. The molecule has 0 saturated heterocycles. The fourth-order valence-corrected chi connectivity index (χ4v) is 2.23. The first-order valence-electron chi connectivity index (χ1n) is 8.33. The van der Waals surface area contributed by atoms with E-state index in [0.717, 1.165) is 0 Å². The van der Waals surface area contributed by atoms with Crippen LogP contribution in [0.25, 0.3) is 0 Å². The van der Waals surface area contributed by atoms with E-state index >= 15 is 0 Å². The minimum absolute atomic E-state index is 0.0108. The number of hydrogen-bond donors (Lipinski definition) is 3. The average molecular weight is 357 g/mol. The van der Waals surface area contributed by atoms with Crippen LogP contribution >= 0.6 is 0 Å². The van der Waals surface area contributed by atoms with Crippen LogP contribution in [0, 0.1) is 0 Å². The van der Waals surface area contributed by atoms with Gasteiger partial charge in [0.2, 0.25) is 5.91 Å². The summed E-state index contributed by atoms with van der Waals surface area (Å²) >= 11 is 0. The molecule has 0 aliphatic heterocycles. The number of para-hydroxylation sites is 1. The molecule has 2 rings (SSSR count). The second-order valence-electron chi connectivity index (χ2n) is 5.38. The van der Waals surface area contributed by atoms with Crippen LogP contribution in [0.2, 0.25) is 0 Å². The summed E-state index contributed by atoms with van der Waals surface area (Å²) in [6.45, 7) is 3.61. The maximum Gasteiger partial charge on any atom is 0.250 e. The third-order valence-corrected chi connectivity index (χ3v) is 3.47. The molecule has 0 spiro atoms.